The highest BCUT2D eigenvalue weighted by Crippen LogP contribution is 2.47. The maximum absolute atomic E-state index is 6.15. The van der Waals surface area contributed by atoms with Crippen LogP contribution >= 0.6 is 0 Å². The molecule has 98 valence electrons. The van der Waals surface area contributed by atoms with Crippen molar-refractivity contribution in [3.05, 3.63) is 12.2 Å². The Morgan fingerprint density at radius 3 is 2.88 bits per heavy atom. The highest BCUT2D eigenvalue weighted by Gasteiger charge is 2.46. The van der Waals surface area contributed by atoms with Gasteiger partial charge in [-0.25, -0.2) is 0 Å². The van der Waals surface area contributed by atoms with Crippen LogP contribution in [0.4, 0.5) is 0 Å². The Balaban J connectivity index is 1.69. The second kappa shape index (κ2) is 6.01. The number of ether oxygens (including phenoxy) is 2. The smallest absolute Gasteiger partial charge is 0.158 e. The minimum atomic E-state index is 0.0974. The van der Waals surface area contributed by atoms with Crippen molar-refractivity contribution in [2.45, 2.75) is 70.7 Å². The first kappa shape index (κ1) is 13.1. The first-order valence-corrected chi connectivity index (χ1v) is 7.15. The van der Waals surface area contributed by atoms with Gasteiger partial charge in [0.2, 0.25) is 0 Å². The second-order valence-electron chi connectivity index (χ2n) is 5.70. The molecule has 1 saturated carbocycles. The van der Waals surface area contributed by atoms with E-state index < -0.39 is 0 Å². The molecule has 2 nitrogen and oxygen atoms in total. The topological polar surface area (TPSA) is 18.5 Å². The third-order valence-corrected chi connectivity index (χ3v) is 3.86. The zero-order valence-corrected chi connectivity index (χ0v) is 11.3. The van der Waals surface area contributed by atoms with Crippen molar-refractivity contribution >= 4 is 0 Å². The van der Waals surface area contributed by atoms with E-state index in [2.05, 4.69) is 26.0 Å². The summed E-state index contributed by atoms with van der Waals surface area (Å²) in [5.41, 5.74) is 0.185. The van der Waals surface area contributed by atoms with Crippen LogP contribution in [-0.4, -0.2) is 18.5 Å². The summed E-state index contributed by atoms with van der Waals surface area (Å²) in [6.45, 7) is 5.33. The van der Waals surface area contributed by atoms with Crippen LogP contribution in [0.2, 0.25) is 0 Å². The predicted molar refractivity (Wildman–Crippen MR) is 69.9 cm³/mol. The van der Waals surface area contributed by atoms with Crippen LogP contribution in [0, 0.1) is 5.92 Å². The summed E-state index contributed by atoms with van der Waals surface area (Å²) < 4.78 is 11.7. The Labute approximate surface area is 105 Å². The van der Waals surface area contributed by atoms with E-state index in [0.29, 0.717) is 0 Å². The molecule has 2 heteroatoms. The molecule has 17 heavy (non-hydrogen) atoms. The van der Waals surface area contributed by atoms with Crippen LogP contribution in [-0.2, 0) is 9.47 Å². The first-order valence-electron chi connectivity index (χ1n) is 7.15. The van der Waals surface area contributed by atoms with Gasteiger partial charge in [0.25, 0.3) is 0 Å². The summed E-state index contributed by atoms with van der Waals surface area (Å²) in [5.74, 6) is 0.759. The van der Waals surface area contributed by atoms with Crippen LogP contribution in [0.3, 0.4) is 0 Å². The van der Waals surface area contributed by atoms with Gasteiger partial charge in [0.05, 0.1) is 5.60 Å². The van der Waals surface area contributed by atoms with Gasteiger partial charge < -0.3 is 9.47 Å². The van der Waals surface area contributed by atoms with E-state index in [1.54, 1.807) is 0 Å². The van der Waals surface area contributed by atoms with Gasteiger partial charge in [-0.2, -0.15) is 0 Å². The predicted octanol–water partition coefficient (Wildman–Crippen LogP) is 4.05. The quantitative estimate of drug-likeness (QED) is 0.623. The van der Waals surface area contributed by atoms with Gasteiger partial charge >= 0.3 is 0 Å². The van der Waals surface area contributed by atoms with Crippen molar-refractivity contribution in [1.29, 1.82) is 0 Å². The molecule has 2 rings (SSSR count). The molecule has 2 fully saturated rings. The minimum absolute atomic E-state index is 0.0974. The lowest BCUT2D eigenvalue weighted by molar-refractivity contribution is -0.159. The third-order valence-electron chi connectivity index (χ3n) is 3.86. The van der Waals surface area contributed by atoms with Gasteiger partial charge in [0, 0.05) is 13.0 Å². The molecule has 2 atom stereocenters. The van der Waals surface area contributed by atoms with Gasteiger partial charge in [-0.05, 0) is 51.4 Å². The molecule has 1 aliphatic carbocycles. The fraction of sp³-hybridized carbons (Fsp3) is 0.867. The van der Waals surface area contributed by atoms with Gasteiger partial charge in [-0.3, -0.25) is 0 Å². The van der Waals surface area contributed by atoms with E-state index in [9.17, 15) is 0 Å². The standard InChI is InChI=1S/C15H26O2/c1-3-4-5-7-13(2)12-15(9-10-15)17-14-8-6-11-16-14/h3-4,13-14H,5-12H2,1-2H3/b4-3+. The van der Waals surface area contributed by atoms with E-state index >= 15 is 0 Å². The van der Waals surface area contributed by atoms with Crippen LogP contribution in [0.25, 0.3) is 0 Å². The molecule has 0 aromatic rings. The molecule has 0 radical (unpaired) electrons. The molecular formula is C15H26O2. The molecule has 1 heterocycles. The summed E-state index contributed by atoms with van der Waals surface area (Å²) in [7, 11) is 0. The normalized spacial score (nSPS) is 28.7. The third kappa shape index (κ3) is 4.11. The maximum Gasteiger partial charge on any atom is 0.158 e. The summed E-state index contributed by atoms with van der Waals surface area (Å²) in [6.07, 6.45) is 12.9. The van der Waals surface area contributed by atoms with Crippen LogP contribution in [0.5, 0.6) is 0 Å². The van der Waals surface area contributed by atoms with Crippen molar-refractivity contribution < 1.29 is 9.47 Å². The van der Waals surface area contributed by atoms with Crippen molar-refractivity contribution in [3.63, 3.8) is 0 Å². The fourth-order valence-corrected chi connectivity index (χ4v) is 2.71. The fourth-order valence-electron chi connectivity index (χ4n) is 2.71. The molecule has 0 spiro atoms. The number of allylic oxidation sites excluding steroid dienone is 2. The molecule has 1 saturated heterocycles. The van der Waals surface area contributed by atoms with Crippen molar-refractivity contribution in [2.24, 2.45) is 5.92 Å². The Morgan fingerprint density at radius 1 is 1.47 bits per heavy atom. The summed E-state index contributed by atoms with van der Waals surface area (Å²) >= 11 is 0. The molecule has 1 aliphatic heterocycles. The van der Waals surface area contributed by atoms with Gasteiger partial charge in [0.15, 0.2) is 6.29 Å². The largest absolute Gasteiger partial charge is 0.353 e. The zero-order chi connectivity index (χ0) is 12.1. The van der Waals surface area contributed by atoms with Crippen molar-refractivity contribution in [2.75, 3.05) is 6.61 Å². The second-order valence-corrected chi connectivity index (χ2v) is 5.70. The molecule has 0 bridgehead atoms. The monoisotopic (exact) mass is 238 g/mol. The lowest BCUT2D eigenvalue weighted by atomic mass is 9.97. The SMILES string of the molecule is C/C=C/CCC(C)CC1(OC2CCCO2)CC1. The number of hydrogen-bond donors (Lipinski definition) is 0. The number of hydrogen-bond acceptors (Lipinski definition) is 2. The van der Waals surface area contributed by atoms with Gasteiger partial charge in [-0.15, -0.1) is 0 Å². The molecule has 0 aromatic carbocycles. The summed E-state index contributed by atoms with van der Waals surface area (Å²) in [4.78, 5) is 0. The van der Waals surface area contributed by atoms with Gasteiger partial charge in [-0.1, -0.05) is 19.1 Å². The van der Waals surface area contributed by atoms with Crippen molar-refractivity contribution in [1.82, 2.24) is 0 Å². The average Bonchev–Trinajstić information content (AvgIpc) is 2.84. The highest BCUT2D eigenvalue weighted by atomic mass is 16.7. The van der Waals surface area contributed by atoms with E-state index in [1.165, 1.54) is 32.1 Å². The molecule has 2 unspecified atom stereocenters. The average molecular weight is 238 g/mol. The first-order chi connectivity index (χ1) is 8.24. The van der Waals surface area contributed by atoms with E-state index in [4.69, 9.17) is 9.47 Å². The van der Waals surface area contributed by atoms with Crippen LogP contribution in [0.15, 0.2) is 12.2 Å². The van der Waals surface area contributed by atoms with E-state index in [0.717, 1.165) is 25.4 Å². The van der Waals surface area contributed by atoms with E-state index in [1.807, 2.05) is 0 Å². The molecule has 0 aromatic heterocycles. The summed E-state index contributed by atoms with van der Waals surface area (Å²) in [5, 5.41) is 0. The van der Waals surface area contributed by atoms with E-state index in [-0.39, 0.29) is 11.9 Å². The van der Waals surface area contributed by atoms with Crippen LogP contribution < -0.4 is 0 Å². The highest BCUT2D eigenvalue weighted by molar-refractivity contribution is 4.97. The molecule has 0 amide bonds. The Kier molecular flexibility index (Phi) is 4.63. The lowest BCUT2D eigenvalue weighted by Gasteiger charge is -2.24. The molecule has 2 aliphatic rings. The Hall–Kier alpha value is -0.340. The number of rotatable bonds is 7. The van der Waals surface area contributed by atoms with Crippen LogP contribution in [0.1, 0.15) is 58.8 Å². The maximum atomic E-state index is 6.15. The Morgan fingerprint density at radius 2 is 2.29 bits per heavy atom. The minimum Gasteiger partial charge on any atom is -0.353 e. The lowest BCUT2D eigenvalue weighted by Crippen LogP contribution is -2.25. The zero-order valence-electron chi connectivity index (χ0n) is 11.3. The van der Waals surface area contributed by atoms with Crippen molar-refractivity contribution in [3.8, 4) is 0 Å². The Bertz CT molecular complexity index is 250. The molecular weight excluding hydrogens is 212 g/mol. The summed E-state index contributed by atoms with van der Waals surface area (Å²) in [6, 6.07) is 0. The van der Waals surface area contributed by atoms with Gasteiger partial charge in [0.1, 0.15) is 0 Å². The molecule has 0 N–H and O–H groups in total.